The largest absolute Gasteiger partial charge is 0.478 e. The number of esters is 4. The number of benzene rings is 1. The van der Waals surface area contributed by atoms with Crippen molar-refractivity contribution in [3.8, 4) is 0 Å². The van der Waals surface area contributed by atoms with Crippen LogP contribution in [0.2, 0.25) is 5.02 Å². The maximum atomic E-state index is 13.2. The van der Waals surface area contributed by atoms with Crippen molar-refractivity contribution in [1.82, 2.24) is 0 Å². The number of halogens is 1. The van der Waals surface area contributed by atoms with E-state index in [1.165, 1.54) is 44.2 Å². The normalized spacial score (nSPS) is 13.2. The fraction of sp³-hybridized carbons (Fsp3) is 0.586. The molecule has 0 aromatic heterocycles. The van der Waals surface area contributed by atoms with Gasteiger partial charge in [0.1, 0.15) is 13.2 Å². The lowest BCUT2D eigenvalue weighted by Gasteiger charge is -2.33. The molecule has 0 aliphatic carbocycles. The van der Waals surface area contributed by atoms with Gasteiger partial charge in [0, 0.05) is 16.2 Å². The number of carboxylic acid groups (broad SMARTS) is 1. The monoisotopic (exact) mass is 645 g/mol. The van der Waals surface area contributed by atoms with E-state index in [2.05, 4.69) is 10.1 Å². The van der Waals surface area contributed by atoms with E-state index in [0.29, 0.717) is 12.2 Å². The quantitative estimate of drug-likeness (QED) is 0.131. The molecule has 14 heteroatoms. The predicted molar refractivity (Wildman–Crippen MR) is 160 cm³/mol. The Morgan fingerprint density at radius 1 is 0.977 bits per heavy atom. The predicted octanol–water partition coefficient (Wildman–Crippen LogP) is 4.37. The molecule has 0 saturated heterocycles. The summed E-state index contributed by atoms with van der Waals surface area (Å²) in [4.78, 5) is 73.6. The Morgan fingerprint density at radius 3 is 2.21 bits per heavy atom. The Bertz CT molecular complexity index is 1170. The van der Waals surface area contributed by atoms with E-state index in [9.17, 15) is 33.9 Å². The number of thioether (sulfide) groups is 1. The average molecular weight is 646 g/mol. The van der Waals surface area contributed by atoms with Crippen LogP contribution in [-0.2, 0) is 42.9 Å². The van der Waals surface area contributed by atoms with Crippen LogP contribution in [0.3, 0.4) is 0 Å². The van der Waals surface area contributed by atoms with Crippen LogP contribution < -0.4 is 5.32 Å². The lowest BCUT2D eigenvalue weighted by Crippen LogP contribution is -2.39. The zero-order valence-corrected chi connectivity index (χ0v) is 26.9. The molecule has 1 aromatic rings. The summed E-state index contributed by atoms with van der Waals surface area (Å²) in [7, 11) is 2.49. The van der Waals surface area contributed by atoms with Crippen LogP contribution in [-0.4, -0.2) is 79.8 Å². The molecule has 240 valence electrons. The van der Waals surface area contributed by atoms with Crippen LogP contribution in [0.1, 0.15) is 63.7 Å². The molecular weight excluding hydrogens is 606 g/mol. The van der Waals surface area contributed by atoms with Gasteiger partial charge in [0.05, 0.1) is 49.0 Å². The van der Waals surface area contributed by atoms with E-state index >= 15 is 0 Å². The van der Waals surface area contributed by atoms with E-state index < -0.39 is 46.5 Å². The number of hydrogen-bond donors (Lipinski definition) is 2. The van der Waals surface area contributed by atoms with Gasteiger partial charge >= 0.3 is 29.8 Å². The van der Waals surface area contributed by atoms with Gasteiger partial charge in [-0.1, -0.05) is 32.4 Å². The molecule has 0 heterocycles. The molecule has 0 saturated carbocycles. The molecule has 1 amide bonds. The summed E-state index contributed by atoms with van der Waals surface area (Å²) in [5, 5.41) is 12.3. The number of rotatable bonds is 18. The van der Waals surface area contributed by atoms with E-state index in [1.54, 1.807) is 27.7 Å². The molecular formula is C29H40ClNO11S. The molecule has 1 aromatic carbocycles. The van der Waals surface area contributed by atoms with Crippen molar-refractivity contribution in [1.29, 1.82) is 0 Å². The number of carbonyl (C=O) groups excluding carboxylic acids is 5. The number of carboxylic acids is 1. The van der Waals surface area contributed by atoms with Crippen molar-refractivity contribution in [3.63, 3.8) is 0 Å². The molecule has 43 heavy (non-hydrogen) atoms. The molecule has 0 fully saturated rings. The second kappa shape index (κ2) is 17.7. The number of amides is 1. The highest BCUT2D eigenvalue weighted by atomic mass is 35.5. The van der Waals surface area contributed by atoms with Crippen LogP contribution in [0.4, 0.5) is 5.69 Å². The highest BCUT2D eigenvalue weighted by Crippen LogP contribution is 2.38. The first-order chi connectivity index (χ1) is 20.1. The maximum Gasteiger partial charge on any atom is 0.337 e. The fourth-order valence-electron chi connectivity index (χ4n) is 4.04. The van der Waals surface area contributed by atoms with Gasteiger partial charge < -0.3 is 29.4 Å². The highest BCUT2D eigenvalue weighted by Gasteiger charge is 2.42. The van der Waals surface area contributed by atoms with Crippen LogP contribution in [0.25, 0.3) is 0 Å². The molecule has 0 aliphatic heterocycles. The van der Waals surface area contributed by atoms with Crippen LogP contribution in [0.5, 0.6) is 0 Å². The zero-order chi connectivity index (χ0) is 32.8. The average Bonchev–Trinajstić information content (AvgIpc) is 2.96. The topological polar surface area (TPSA) is 172 Å². The molecule has 2 unspecified atom stereocenters. The minimum Gasteiger partial charge on any atom is -0.478 e. The third-order valence-corrected chi connectivity index (χ3v) is 7.98. The van der Waals surface area contributed by atoms with Crippen LogP contribution in [0, 0.1) is 16.7 Å². The number of ether oxygens (including phenoxy) is 4. The third-order valence-electron chi connectivity index (χ3n) is 6.81. The molecule has 0 radical (unpaired) electrons. The van der Waals surface area contributed by atoms with Gasteiger partial charge in [-0.05, 0) is 44.4 Å². The summed E-state index contributed by atoms with van der Waals surface area (Å²) in [6.07, 6.45) is 0.457. The lowest BCUT2D eigenvalue weighted by molar-refractivity contribution is -0.162. The number of aromatic carboxylic acids is 1. The Hall–Kier alpha value is -3.32. The molecule has 0 aliphatic rings. The van der Waals surface area contributed by atoms with Crippen LogP contribution in [0.15, 0.2) is 18.2 Å². The molecule has 2 atom stereocenters. The molecule has 0 spiro atoms. The van der Waals surface area contributed by atoms with Gasteiger partial charge in [-0.3, -0.25) is 24.0 Å². The molecule has 12 nitrogen and oxygen atoms in total. The number of methoxy groups -OCH3 is 2. The maximum absolute atomic E-state index is 13.2. The van der Waals surface area contributed by atoms with Crippen molar-refractivity contribution >= 4 is 64.8 Å². The SMILES string of the molecule is CCC(C)(CC(CC(C)(C)C(=O)Nc1ccc(Cl)cc1C(=O)O)C(=O)OC)C(=O)OCCOC(=O)CSCCC(=O)OC. The Labute approximate surface area is 260 Å². The van der Waals surface area contributed by atoms with Crippen molar-refractivity contribution in [2.45, 2.75) is 53.4 Å². The standard InChI is InChI=1S/C29H40ClNO11S/c1-7-29(4,27(38)42-12-11-41-23(33)17-43-13-10-22(32)39-5)16-18(25(36)40-6)15-28(2,3)26(37)31-21-9-8-19(30)14-20(21)24(34)35/h8-9,14,18H,7,10-13,15-17H2,1-6H3,(H,31,37)(H,34,35). The molecule has 1 rings (SSSR count). The number of anilines is 1. The molecule has 0 bridgehead atoms. The van der Waals surface area contributed by atoms with E-state index in [1.807, 2.05) is 0 Å². The van der Waals surface area contributed by atoms with Gasteiger partial charge in [0.2, 0.25) is 5.91 Å². The second-order valence-corrected chi connectivity index (χ2v) is 12.2. The minimum absolute atomic E-state index is 0.00363. The Balaban J connectivity index is 2.82. The first-order valence-electron chi connectivity index (χ1n) is 13.5. The van der Waals surface area contributed by atoms with E-state index in [-0.39, 0.29) is 60.5 Å². The third kappa shape index (κ3) is 12.4. The first-order valence-corrected chi connectivity index (χ1v) is 15.0. The van der Waals surface area contributed by atoms with E-state index in [4.69, 9.17) is 25.8 Å². The highest BCUT2D eigenvalue weighted by molar-refractivity contribution is 7.99. The van der Waals surface area contributed by atoms with Gasteiger partial charge in [-0.15, -0.1) is 11.8 Å². The van der Waals surface area contributed by atoms with Crippen LogP contribution >= 0.6 is 23.4 Å². The first kappa shape index (κ1) is 37.7. The van der Waals surface area contributed by atoms with Crippen molar-refractivity contribution in [3.05, 3.63) is 28.8 Å². The van der Waals surface area contributed by atoms with Crippen molar-refractivity contribution < 1.29 is 52.8 Å². The fourth-order valence-corrected chi connectivity index (χ4v) is 4.92. The summed E-state index contributed by atoms with van der Waals surface area (Å²) < 4.78 is 19.9. The number of carbonyl (C=O) groups is 6. The molecule has 2 N–H and O–H groups in total. The van der Waals surface area contributed by atoms with Gasteiger partial charge in [0.25, 0.3) is 0 Å². The number of hydrogen-bond acceptors (Lipinski definition) is 11. The smallest absolute Gasteiger partial charge is 0.337 e. The van der Waals surface area contributed by atoms with Gasteiger partial charge in [0.15, 0.2) is 0 Å². The van der Waals surface area contributed by atoms with E-state index in [0.717, 1.165) is 0 Å². The lowest BCUT2D eigenvalue weighted by atomic mass is 9.73. The van der Waals surface area contributed by atoms with Gasteiger partial charge in [-0.2, -0.15) is 0 Å². The van der Waals surface area contributed by atoms with Crippen molar-refractivity contribution in [2.24, 2.45) is 16.7 Å². The Kier molecular flexibility index (Phi) is 15.5. The minimum atomic E-state index is -1.27. The summed E-state index contributed by atoms with van der Waals surface area (Å²) in [5.41, 5.74) is -2.46. The van der Waals surface area contributed by atoms with Gasteiger partial charge in [-0.25, -0.2) is 4.79 Å². The number of nitrogens with one attached hydrogen (secondary N) is 1. The summed E-state index contributed by atoms with van der Waals surface area (Å²) >= 11 is 7.11. The van der Waals surface area contributed by atoms with Crippen molar-refractivity contribution in [2.75, 3.05) is 44.3 Å². The Morgan fingerprint density at radius 2 is 1.63 bits per heavy atom. The second-order valence-electron chi connectivity index (χ2n) is 10.6. The summed E-state index contributed by atoms with van der Waals surface area (Å²) in [6, 6.07) is 4.04. The zero-order valence-electron chi connectivity index (χ0n) is 25.3. The summed E-state index contributed by atoms with van der Waals surface area (Å²) in [6.45, 7) is 6.22. The summed E-state index contributed by atoms with van der Waals surface area (Å²) in [5.74, 6) is -4.40.